The molecule has 1 aliphatic carbocycles. The Hall–Kier alpha value is -0.412. The monoisotopic (exact) mass is 599 g/mol. The summed E-state index contributed by atoms with van der Waals surface area (Å²) in [5, 5.41) is 14.0. The molecule has 2 atom stereocenters. The second kappa shape index (κ2) is 13.1. The van der Waals surface area contributed by atoms with E-state index in [-0.39, 0.29) is 99.9 Å². The minimum Gasteiger partial charge on any atom is -0.507 e. The summed E-state index contributed by atoms with van der Waals surface area (Å²) in [7, 11) is 0. The van der Waals surface area contributed by atoms with E-state index in [1.165, 1.54) is 0 Å². The van der Waals surface area contributed by atoms with Gasteiger partial charge in [-0.05, 0) is 44.0 Å². The zero-order valence-corrected chi connectivity index (χ0v) is 27.3. The van der Waals surface area contributed by atoms with Gasteiger partial charge in [-0.2, -0.15) is 18.2 Å². The Kier molecular flexibility index (Phi) is 12.9. The molecule has 174 valence electrons. The van der Waals surface area contributed by atoms with E-state index < -0.39 is 0 Å². The fourth-order valence-corrected chi connectivity index (χ4v) is 3.33. The number of Topliss-reactive ketones (excluding diaryl/α,β-unsaturated/α-hetero) is 1. The molecule has 33 heavy (non-hydrogen) atoms. The number of phenols is 1. The maximum Gasteiger partial charge on any atom is 0.128 e. The van der Waals surface area contributed by atoms with Crippen LogP contribution in [0.4, 0.5) is 0 Å². The number of benzene rings is 1. The van der Waals surface area contributed by atoms with Crippen LogP contribution in [0.5, 0.6) is 5.75 Å². The number of carbonyl (C=O) groups is 1. The van der Waals surface area contributed by atoms with E-state index in [0.29, 0.717) is 5.57 Å². The number of rotatable bonds is 5. The summed E-state index contributed by atoms with van der Waals surface area (Å²) < 4.78 is 0. The summed E-state index contributed by atoms with van der Waals surface area (Å²) in [5.74, 6) is 0.313. The van der Waals surface area contributed by atoms with Gasteiger partial charge in [-0.1, -0.05) is 58.6 Å². The first-order valence-electron chi connectivity index (χ1n) is 10.9. The van der Waals surface area contributed by atoms with Crippen molar-refractivity contribution >= 4 is 12.0 Å². The number of aryl methyl sites for hydroxylation is 1. The van der Waals surface area contributed by atoms with Crippen LogP contribution in [-0.4, -0.2) is 29.2 Å². The Morgan fingerprint density at radius 1 is 1.06 bits per heavy atom. The second-order valence-electron chi connectivity index (χ2n) is 10.5. The first kappa shape index (κ1) is 32.6. The number of phenolic OH excluding ortho intramolecular Hbond substituents is 1. The predicted octanol–water partition coefficient (Wildman–Crippen LogP) is 5.58. The van der Waals surface area contributed by atoms with E-state index in [1.807, 2.05) is 53.7 Å². The average Bonchev–Trinajstić information content (AvgIpc) is 2.65. The molecule has 2 rings (SSSR count). The van der Waals surface area contributed by atoms with Gasteiger partial charge in [0.15, 0.2) is 0 Å². The number of ketones is 1. The Bertz CT molecular complexity index is 962. The molecule has 0 heterocycles. The van der Waals surface area contributed by atoms with Crippen molar-refractivity contribution in [3.05, 3.63) is 64.4 Å². The van der Waals surface area contributed by atoms with E-state index >= 15 is 0 Å². The van der Waals surface area contributed by atoms with Crippen LogP contribution in [0.15, 0.2) is 46.6 Å². The third kappa shape index (κ3) is 8.95. The quantitative estimate of drug-likeness (QED) is 0.264. The number of carbonyl (C=O) groups excluding carboxylic acids is 1. The third-order valence-corrected chi connectivity index (χ3v) is 5.55. The number of hydrogen-bond donors (Lipinski definition) is 2. The topological polar surface area (TPSA) is 61.7 Å². The minimum absolute atomic E-state index is 0. The summed E-state index contributed by atoms with van der Waals surface area (Å²) in [6.45, 7) is 18.4. The fourth-order valence-electron chi connectivity index (χ4n) is 3.33. The summed E-state index contributed by atoms with van der Waals surface area (Å²) in [5.41, 5.74) is 3.72. The smallest absolute Gasteiger partial charge is 0.128 e. The van der Waals surface area contributed by atoms with Crippen molar-refractivity contribution in [1.29, 1.82) is 0 Å². The molecule has 0 spiro atoms. The molecule has 0 aromatic heterocycles. The van der Waals surface area contributed by atoms with Gasteiger partial charge in [0.2, 0.25) is 0 Å². The molecular formula is C27H37N2O2Y2-. The summed E-state index contributed by atoms with van der Waals surface area (Å²) in [6.07, 6.45) is 10.1. The van der Waals surface area contributed by atoms with Crippen LogP contribution < -0.4 is 5.32 Å². The van der Waals surface area contributed by atoms with Gasteiger partial charge >= 0.3 is 0 Å². The second-order valence-corrected chi connectivity index (χ2v) is 10.5. The van der Waals surface area contributed by atoms with Crippen LogP contribution in [-0.2, 0) is 75.6 Å². The van der Waals surface area contributed by atoms with Gasteiger partial charge in [-0.25, -0.2) is 0 Å². The van der Waals surface area contributed by atoms with Crippen molar-refractivity contribution < 1.29 is 75.3 Å². The van der Waals surface area contributed by atoms with Crippen molar-refractivity contribution in [1.82, 2.24) is 5.32 Å². The molecule has 1 aromatic rings. The van der Waals surface area contributed by atoms with Crippen LogP contribution in [0.25, 0.3) is 0 Å². The summed E-state index contributed by atoms with van der Waals surface area (Å²) in [4.78, 5) is 17.4. The molecule has 4 nitrogen and oxygen atoms in total. The molecule has 0 aliphatic heterocycles. The maximum atomic E-state index is 12.7. The van der Waals surface area contributed by atoms with Crippen LogP contribution in [0, 0.1) is 18.4 Å². The van der Waals surface area contributed by atoms with E-state index in [2.05, 4.69) is 37.2 Å². The zero-order valence-electron chi connectivity index (χ0n) is 21.6. The molecule has 0 saturated heterocycles. The molecular weight excluding hydrogens is 562 g/mol. The molecule has 6 heteroatoms. The number of nitrogens with zero attached hydrogens (tertiary/aromatic N) is 1. The largest absolute Gasteiger partial charge is 0.507 e. The number of aromatic hydroxyl groups is 1. The number of hydrogen-bond acceptors (Lipinski definition) is 4. The molecule has 1 aromatic carbocycles. The Morgan fingerprint density at radius 3 is 2.21 bits per heavy atom. The van der Waals surface area contributed by atoms with E-state index in [4.69, 9.17) is 0 Å². The van der Waals surface area contributed by atoms with Crippen LogP contribution >= 0.6 is 0 Å². The first-order valence-corrected chi connectivity index (χ1v) is 10.9. The maximum absolute atomic E-state index is 12.7. The number of allylic oxidation sites excluding steroid dienone is 5. The predicted molar refractivity (Wildman–Crippen MR) is 130 cm³/mol. The Labute approximate surface area is 250 Å². The Morgan fingerprint density at radius 2 is 1.67 bits per heavy atom. The van der Waals surface area contributed by atoms with Gasteiger partial charge in [0.1, 0.15) is 5.75 Å². The van der Waals surface area contributed by atoms with E-state index in [1.54, 1.807) is 24.6 Å². The molecule has 2 radical (unpaired) electrons. The van der Waals surface area contributed by atoms with Crippen LogP contribution in [0.2, 0.25) is 0 Å². The Balaban J connectivity index is 0.00000512. The molecule has 0 amide bonds. The van der Waals surface area contributed by atoms with Crippen molar-refractivity contribution in [3.8, 4) is 5.75 Å². The summed E-state index contributed by atoms with van der Waals surface area (Å²) >= 11 is 0. The first-order chi connectivity index (χ1) is 14.2. The van der Waals surface area contributed by atoms with Crippen LogP contribution in [0.3, 0.4) is 0 Å². The van der Waals surface area contributed by atoms with Gasteiger partial charge in [0, 0.05) is 88.8 Å². The third-order valence-electron chi connectivity index (χ3n) is 5.55. The molecule has 2 N–H and O–H groups in total. The van der Waals surface area contributed by atoms with Crippen molar-refractivity contribution in [2.24, 2.45) is 10.4 Å². The normalized spacial score (nSPS) is 17.3. The van der Waals surface area contributed by atoms with Gasteiger partial charge < -0.3 is 15.2 Å². The van der Waals surface area contributed by atoms with Gasteiger partial charge in [-0.3, -0.25) is 4.99 Å². The molecule has 1 aliphatic rings. The molecule has 0 bridgehead atoms. The van der Waals surface area contributed by atoms with E-state index in [9.17, 15) is 9.90 Å². The van der Waals surface area contributed by atoms with Crippen molar-refractivity contribution in [3.63, 3.8) is 0 Å². The van der Waals surface area contributed by atoms with Gasteiger partial charge in [0.25, 0.3) is 0 Å². The van der Waals surface area contributed by atoms with Gasteiger partial charge in [-0.15, -0.1) is 5.57 Å². The van der Waals surface area contributed by atoms with Crippen molar-refractivity contribution in [2.75, 3.05) is 0 Å². The fraction of sp³-hybridized carbons (Fsp3) is 0.481. The van der Waals surface area contributed by atoms with Crippen molar-refractivity contribution in [2.45, 2.75) is 79.8 Å². The molecule has 0 saturated carbocycles. The standard InChI is InChI=1S/C27H37N2O2.2Y/c1-17-13-21(25(31)23(14-17)27(7,8)9)16-29-19(3)18(2)28-15-20-11-10-12-22(24(20)30)26(4,5)6;;/h11-16,18-19,28,31H,1-9H3;;/q-1;;/b20-15-,29-16?;;. The number of aliphatic imine (C=N–C) groups is 1. The van der Waals surface area contributed by atoms with Gasteiger partial charge in [0.05, 0.1) is 11.8 Å². The molecule has 2 unspecified atom stereocenters. The van der Waals surface area contributed by atoms with E-state index in [0.717, 1.165) is 22.3 Å². The minimum atomic E-state index is -0.220. The average molecular weight is 599 g/mol. The van der Waals surface area contributed by atoms with Crippen LogP contribution in [0.1, 0.15) is 72.1 Å². The summed E-state index contributed by atoms with van der Waals surface area (Å²) in [6, 6.07) is 3.92. The SMILES string of the molecule is Cc1cc(C=NC(C)C(C)N/C=C2/C=[C-]C=C(C(C)(C)C)C2=O)c(O)c(C(C)(C)C)c1.[Y].[Y]. The molecule has 0 fully saturated rings. The number of nitrogens with one attached hydrogen (secondary N) is 1. The zero-order chi connectivity index (χ0) is 23.6.